The lowest BCUT2D eigenvalue weighted by atomic mass is 10.1. The second kappa shape index (κ2) is 4.67. The maximum absolute atomic E-state index is 3.96. The molecule has 1 aromatic heterocycles. The van der Waals surface area contributed by atoms with Gasteiger partial charge in [0.2, 0.25) is 0 Å². The first kappa shape index (κ1) is 8.94. The van der Waals surface area contributed by atoms with Crippen molar-refractivity contribution < 1.29 is 0 Å². The molecule has 12 heavy (non-hydrogen) atoms. The number of rotatable bonds is 4. The molecule has 0 aliphatic rings. The number of hydrogen-bond acceptors (Lipinski definition) is 2. The van der Waals surface area contributed by atoms with E-state index in [2.05, 4.69) is 16.9 Å². The highest BCUT2D eigenvalue weighted by atomic mass is 14.9. The van der Waals surface area contributed by atoms with E-state index in [4.69, 9.17) is 0 Å². The van der Waals surface area contributed by atoms with E-state index in [1.165, 1.54) is 5.56 Å². The Balaban J connectivity index is 2.56. The van der Waals surface area contributed by atoms with Gasteiger partial charge in [0, 0.05) is 18.4 Å². The first-order valence-electron chi connectivity index (χ1n) is 4.05. The van der Waals surface area contributed by atoms with Gasteiger partial charge in [-0.3, -0.25) is 4.98 Å². The van der Waals surface area contributed by atoms with Gasteiger partial charge < -0.3 is 5.32 Å². The molecule has 0 aliphatic carbocycles. The lowest BCUT2D eigenvalue weighted by Crippen LogP contribution is -2.24. The van der Waals surface area contributed by atoms with Crippen LogP contribution in [0.5, 0.6) is 0 Å². The van der Waals surface area contributed by atoms with E-state index in [-0.39, 0.29) is 0 Å². The number of likely N-dealkylation sites (N-methyl/N-ethyl adjacent to an activating group) is 1. The van der Waals surface area contributed by atoms with Crippen LogP contribution in [0.25, 0.3) is 0 Å². The summed E-state index contributed by atoms with van der Waals surface area (Å²) in [7, 11) is 1.94. The lowest BCUT2D eigenvalue weighted by molar-refractivity contribution is 0.665. The minimum Gasteiger partial charge on any atom is -0.313 e. The molecular formula is C10H14N2. The highest BCUT2D eigenvalue weighted by Gasteiger charge is 2.00. The van der Waals surface area contributed by atoms with E-state index in [0.29, 0.717) is 6.04 Å². The van der Waals surface area contributed by atoms with Crippen molar-refractivity contribution in [3.05, 3.63) is 42.7 Å². The molecule has 1 heterocycles. The van der Waals surface area contributed by atoms with Crippen LogP contribution >= 0.6 is 0 Å². The molecule has 0 radical (unpaired) electrons. The van der Waals surface area contributed by atoms with Gasteiger partial charge in [-0.05, 0) is 31.2 Å². The number of hydrogen-bond donors (Lipinski definition) is 1. The van der Waals surface area contributed by atoms with Crippen LogP contribution in [-0.4, -0.2) is 18.1 Å². The molecule has 0 saturated heterocycles. The molecule has 2 nitrogen and oxygen atoms in total. The Morgan fingerprint density at radius 1 is 1.58 bits per heavy atom. The van der Waals surface area contributed by atoms with Gasteiger partial charge in [0.05, 0.1) is 0 Å². The molecular weight excluding hydrogens is 148 g/mol. The van der Waals surface area contributed by atoms with Gasteiger partial charge in [-0.15, -0.1) is 6.58 Å². The van der Waals surface area contributed by atoms with E-state index < -0.39 is 0 Å². The van der Waals surface area contributed by atoms with Crippen molar-refractivity contribution in [1.82, 2.24) is 10.3 Å². The Labute approximate surface area is 73.3 Å². The van der Waals surface area contributed by atoms with Crippen LogP contribution in [0.2, 0.25) is 0 Å². The smallest absolute Gasteiger partial charge is 0.0285 e. The zero-order valence-corrected chi connectivity index (χ0v) is 7.33. The molecule has 2 heteroatoms. The average Bonchev–Trinajstić information content (AvgIpc) is 2.16. The van der Waals surface area contributed by atoms with Crippen LogP contribution in [0, 0.1) is 0 Å². The topological polar surface area (TPSA) is 24.9 Å². The van der Waals surface area contributed by atoms with Crippen LogP contribution < -0.4 is 5.32 Å². The number of aromatic nitrogens is 1. The number of nitrogens with one attached hydrogen (secondary N) is 1. The normalized spacial score (nSPS) is 12.4. The molecule has 1 unspecified atom stereocenters. The Morgan fingerprint density at radius 2 is 2.25 bits per heavy atom. The number of pyridine rings is 1. The summed E-state index contributed by atoms with van der Waals surface area (Å²) in [6.45, 7) is 3.75. The van der Waals surface area contributed by atoms with Crippen molar-refractivity contribution in [2.75, 3.05) is 7.05 Å². The van der Waals surface area contributed by atoms with E-state index in [9.17, 15) is 0 Å². The van der Waals surface area contributed by atoms with Gasteiger partial charge in [0.1, 0.15) is 0 Å². The average molecular weight is 162 g/mol. The predicted octanol–water partition coefficient (Wildman–Crippen LogP) is 1.40. The molecule has 1 rings (SSSR count). The van der Waals surface area contributed by atoms with Crippen molar-refractivity contribution in [2.24, 2.45) is 0 Å². The van der Waals surface area contributed by atoms with Crippen LogP contribution in [0.1, 0.15) is 5.56 Å². The third-order valence-electron chi connectivity index (χ3n) is 1.86. The standard InChI is InChI=1S/C10H14N2/c1-3-10(11-2)8-9-4-6-12-7-5-9/h3-7,10-11H,1,8H2,2H3. The Hall–Kier alpha value is -1.15. The summed E-state index contributed by atoms with van der Waals surface area (Å²) in [6, 6.07) is 4.40. The summed E-state index contributed by atoms with van der Waals surface area (Å²) in [5, 5.41) is 3.16. The highest BCUT2D eigenvalue weighted by molar-refractivity contribution is 5.12. The molecule has 0 amide bonds. The summed E-state index contributed by atoms with van der Waals surface area (Å²) in [6.07, 6.45) is 6.51. The molecule has 1 N–H and O–H groups in total. The minimum absolute atomic E-state index is 0.354. The van der Waals surface area contributed by atoms with Gasteiger partial charge in [-0.25, -0.2) is 0 Å². The van der Waals surface area contributed by atoms with Crippen molar-refractivity contribution >= 4 is 0 Å². The molecule has 1 aromatic rings. The first-order valence-corrected chi connectivity index (χ1v) is 4.05. The monoisotopic (exact) mass is 162 g/mol. The molecule has 0 saturated carbocycles. The molecule has 0 bridgehead atoms. The van der Waals surface area contributed by atoms with Gasteiger partial charge in [-0.1, -0.05) is 6.08 Å². The van der Waals surface area contributed by atoms with Crippen LogP contribution in [-0.2, 0) is 6.42 Å². The Bertz CT molecular complexity index is 231. The summed E-state index contributed by atoms with van der Waals surface area (Å²) in [5.41, 5.74) is 1.28. The van der Waals surface area contributed by atoms with Crippen LogP contribution in [0.3, 0.4) is 0 Å². The lowest BCUT2D eigenvalue weighted by Gasteiger charge is -2.10. The maximum Gasteiger partial charge on any atom is 0.0285 e. The Kier molecular flexibility index (Phi) is 3.48. The fourth-order valence-corrected chi connectivity index (χ4v) is 1.08. The molecule has 0 aliphatic heterocycles. The minimum atomic E-state index is 0.354. The second-order valence-electron chi connectivity index (χ2n) is 2.69. The third-order valence-corrected chi connectivity index (χ3v) is 1.86. The van der Waals surface area contributed by atoms with Crippen molar-refractivity contribution in [1.29, 1.82) is 0 Å². The molecule has 0 aromatic carbocycles. The molecule has 0 fully saturated rings. The van der Waals surface area contributed by atoms with Gasteiger partial charge in [-0.2, -0.15) is 0 Å². The summed E-state index contributed by atoms with van der Waals surface area (Å²) >= 11 is 0. The van der Waals surface area contributed by atoms with Crippen LogP contribution in [0.15, 0.2) is 37.2 Å². The summed E-state index contributed by atoms with van der Waals surface area (Å²) in [5.74, 6) is 0. The molecule has 64 valence electrons. The van der Waals surface area contributed by atoms with E-state index in [1.54, 1.807) is 0 Å². The van der Waals surface area contributed by atoms with Crippen molar-refractivity contribution in [3.8, 4) is 0 Å². The fourth-order valence-electron chi connectivity index (χ4n) is 1.08. The fraction of sp³-hybridized carbons (Fsp3) is 0.300. The quantitative estimate of drug-likeness (QED) is 0.677. The zero-order valence-electron chi connectivity index (χ0n) is 7.33. The van der Waals surface area contributed by atoms with E-state index in [1.807, 2.05) is 37.7 Å². The van der Waals surface area contributed by atoms with Crippen LogP contribution in [0.4, 0.5) is 0 Å². The number of nitrogens with zero attached hydrogens (tertiary/aromatic N) is 1. The highest BCUT2D eigenvalue weighted by Crippen LogP contribution is 2.01. The maximum atomic E-state index is 3.96. The zero-order chi connectivity index (χ0) is 8.81. The first-order chi connectivity index (χ1) is 5.86. The van der Waals surface area contributed by atoms with Crippen molar-refractivity contribution in [2.45, 2.75) is 12.5 Å². The summed E-state index contributed by atoms with van der Waals surface area (Å²) in [4.78, 5) is 3.96. The molecule has 1 atom stereocenters. The summed E-state index contributed by atoms with van der Waals surface area (Å²) < 4.78 is 0. The SMILES string of the molecule is C=CC(Cc1ccncc1)NC. The van der Waals surface area contributed by atoms with Gasteiger partial charge >= 0.3 is 0 Å². The second-order valence-corrected chi connectivity index (χ2v) is 2.69. The van der Waals surface area contributed by atoms with Crippen molar-refractivity contribution in [3.63, 3.8) is 0 Å². The van der Waals surface area contributed by atoms with E-state index in [0.717, 1.165) is 6.42 Å². The predicted molar refractivity (Wildman–Crippen MR) is 51.0 cm³/mol. The Morgan fingerprint density at radius 3 is 2.75 bits per heavy atom. The van der Waals surface area contributed by atoms with E-state index >= 15 is 0 Å². The largest absolute Gasteiger partial charge is 0.313 e. The molecule has 0 spiro atoms. The van der Waals surface area contributed by atoms with Gasteiger partial charge in [0.15, 0.2) is 0 Å². The third kappa shape index (κ3) is 2.47. The van der Waals surface area contributed by atoms with Gasteiger partial charge in [0.25, 0.3) is 0 Å².